The van der Waals surface area contributed by atoms with Crippen molar-refractivity contribution in [2.75, 3.05) is 37.6 Å². The number of carbonyl (C=O) groups is 1. The Morgan fingerprint density at radius 1 is 1.06 bits per heavy atom. The smallest absolute Gasteiger partial charge is 0.251 e. The highest BCUT2D eigenvalue weighted by Crippen LogP contribution is 2.29. The van der Waals surface area contributed by atoms with Gasteiger partial charge in [-0.3, -0.25) is 9.69 Å². The van der Waals surface area contributed by atoms with Gasteiger partial charge in [-0.2, -0.15) is 5.10 Å². The van der Waals surface area contributed by atoms with E-state index >= 15 is 0 Å². The number of nitrogens with zero attached hydrogens (tertiary/aromatic N) is 6. The number of carbonyl (C=O) groups excluding carboxylic acids is 1. The molecular formula is C27H35N7OS. The molecule has 1 N–H and O–H groups in total. The zero-order valence-electron chi connectivity index (χ0n) is 21.7. The molecule has 4 aromatic rings. The van der Waals surface area contributed by atoms with Crippen LogP contribution in [0.1, 0.15) is 45.0 Å². The summed E-state index contributed by atoms with van der Waals surface area (Å²) in [4.78, 5) is 28.7. The van der Waals surface area contributed by atoms with Crippen molar-refractivity contribution in [2.45, 2.75) is 40.7 Å². The third-order valence-electron chi connectivity index (χ3n) is 6.57. The Kier molecular flexibility index (Phi) is 8.32. The Morgan fingerprint density at radius 3 is 2.50 bits per heavy atom. The highest BCUT2D eigenvalue weighted by molar-refractivity contribution is 7.13. The van der Waals surface area contributed by atoms with E-state index < -0.39 is 0 Å². The van der Waals surface area contributed by atoms with E-state index in [9.17, 15) is 4.79 Å². The Balaban J connectivity index is 1.72. The summed E-state index contributed by atoms with van der Waals surface area (Å²) < 4.78 is 1.75. The number of fused-ring (bicyclic) bond motifs is 1. The van der Waals surface area contributed by atoms with Gasteiger partial charge in [0.1, 0.15) is 5.82 Å². The molecule has 0 saturated heterocycles. The van der Waals surface area contributed by atoms with E-state index in [-0.39, 0.29) is 11.9 Å². The molecule has 0 fully saturated rings. The molecule has 4 heterocycles. The van der Waals surface area contributed by atoms with Gasteiger partial charge in [-0.25, -0.2) is 14.5 Å². The summed E-state index contributed by atoms with van der Waals surface area (Å²) in [7, 11) is 0. The number of aromatic nitrogens is 4. The van der Waals surface area contributed by atoms with E-state index in [1.165, 1.54) is 0 Å². The maximum absolute atomic E-state index is 13.3. The molecule has 0 aliphatic carbocycles. The van der Waals surface area contributed by atoms with E-state index in [1.807, 2.05) is 35.8 Å². The number of likely N-dealkylation sites (N-methyl/N-ethyl adjacent to an activating group) is 1. The predicted octanol–water partition coefficient (Wildman–Crippen LogP) is 4.83. The lowest BCUT2D eigenvalue weighted by Crippen LogP contribution is -2.42. The fourth-order valence-electron chi connectivity index (χ4n) is 4.42. The van der Waals surface area contributed by atoms with Crippen molar-refractivity contribution in [1.29, 1.82) is 0 Å². The van der Waals surface area contributed by atoms with Gasteiger partial charge in [-0.05, 0) is 63.5 Å². The van der Waals surface area contributed by atoms with Crippen LogP contribution in [-0.4, -0.2) is 69.2 Å². The lowest BCUT2D eigenvalue weighted by molar-refractivity contribution is 0.0938. The molecule has 0 saturated carbocycles. The number of nitrogens with one attached hydrogen (secondary N) is 1. The van der Waals surface area contributed by atoms with Crippen molar-refractivity contribution in [2.24, 2.45) is 0 Å². The van der Waals surface area contributed by atoms with E-state index in [4.69, 9.17) is 9.97 Å². The quantitative estimate of drug-likeness (QED) is 0.315. The lowest BCUT2D eigenvalue weighted by atomic mass is 10.1. The Hall–Kier alpha value is -3.30. The summed E-state index contributed by atoms with van der Waals surface area (Å²) >= 11 is 1.65. The minimum atomic E-state index is -0.102. The maximum Gasteiger partial charge on any atom is 0.251 e. The van der Waals surface area contributed by atoms with Crippen LogP contribution in [0.5, 0.6) is 0 Å². The first-order chi connectivity index (χ1) is 17.5. The van der Waals surface area contributed by atoms with Gasteiger partial charge in [-0.15, -0.1) is 11.3 Å². The second-order valence-electron chi connectivity index (χ2n) is 8.67. The third-order valence-corrected chi connectivity index (χ3v) is 7.47. The van der Waals surface area contributed by atoms with Crippen LogP contribution in [0, 0.1) is 0 Å². The predicted molar refractivity (Wildman–Crippen MR) is 148 cm³/mol. The van der Waals surface area contributed by atoms with Crippen LogP contribution in [0.25, 0.3) is 27.5 Å². The molecule has 0 aromatic carbocycles. The highest BCUT2D eigenvalue weighted by atomic mass is 32.1. The topological polar surface area (TPSA) is 78.7 Å². The fraction of sp³-hybridized carbons (Fsp3) is 0.407. The van der Waals surface area contributed by atoms with Gasteiger partial charge in [0.15, 0.2) is 5.65 Å². The molecular weight excluding hydrogens is 470 g/mol. The first-order valence-electron chi connectivity index (χ1n) is 12.7. The SMILES string of the molecule is CCN(CC)c1cc(C(=O)NC[C@H](C)N(CC)CC)cc(-c2cnn3ccc(-c4cccs4)nc23)n1. The molecule has 8 nitrogen and oxygen atoms in total. The number of rotatable bonds is 11. The van der Waals surface area contributed by atoms with Gasteiger partial charge in [0.25, 0.3) is 5.91 Å². The number of amides is 1. The summed E-state index contributed by atoms with van der Waals surface area (Å²) in [5, 5.41) is 9.67. The molecule has 0 aliphatic heterocycles. The average Bonchev–Trinajstić information content (AvgIpc) is 3.58. The average molecular weight is 506 g/mol. The highest BCUT2D eigenvalue weighted by Gasteiger charge is 2.19. The van der Waals surface area contributed by atoms with Crippen molar-refractivity contribution < 1.29 is 4.79 Å². The molecule has 0 aliphatic rings. The summed E-state index contributed by atoms with van der Waals surface area (Å²) in [6.07, 6.45) is 3.69. The molecule has 36 heavy (non-hydrogen) atoms. The molecule has 1 amide bonds. The molecule has 0 radical (unpaired) electrons. The number of pyridine rings is 1. The lowest BCUT2D eigenvalue weighted by Gasteiger charge is -2.26. The monoisotopic (exact) mass is 505 g/mol. The van der Waals surface area contributed by atoms with Crippen molar-refractivity contribution in [1.82, 2.24) is 29.8 Å². The number of anilines is 1. The second-order valence-corrected chi connectivity index (χ2v) is 9.62. The van der Waals surface area contributed by atoms with E-state index in [1.54, 1.807) is 22.0 Å². The normalized spacial score (nSPS) is 12.3. The van der Waals surface area contributed by atoms with Gasteiger partial charge < -0.3 is 10.2 Å². The van der Waals surface area contributed by atoms with Crippen LogP contribution in [0.15, 0.2) is 48.1 Å². The largest absolute Gasteiger partial charge is 0.357 e. The first kappa shape index (κ1) is 25.8. The van der Waals surface area contributed by atoms with Crippen molar-refractivity contribution in [3.05, 3.63) is 53.7 Å². The summed E-state index contributed by atoms with van der Waals surface area (Å²) in [6, 6.07) is 10.0. The molecule has 9 heteroatoms. The Bertz CT molecular complexity index is 1290. The van der Waals surface area contributed by atoms with Gasteiger partial charge in [0.05, 0.1) is 28.0 Å². The summed E-state index contributed by atoms with van der Waals surface area (Å²) in [5.41, 5.74) is 3.68. The summed E-state index contributed by atoms with van der Waals surface area (Å²) in [6.45, 7) is 14.7. The van der Waals surface area contributed by atoms with Crippen LogP contribution < -0.4 is 10.2 Å². The molecule has 0 bridgehead atoms. The number of hydrogen-bond acceptors (Lipinski definition) is 7. The Labute approximate surface area is 217 Å². The summed E-state index contributed by atoms with van der Waals surface area (Å²) in [5.74, 6) is 0.669. The van der Waals surface area contributed by atoms with Crippen LogP contribution >= 0.6 is 11.3 Å². The molecule has 4 rings (SSSR count). The van der Waals surface area contributed by atoms with Crippen LogP contribution in [-0.2, 0) is 0 Å². The van der Waals surface area contributed by atoms with Gasteiger partial charge in [0, 0.05) is 37.4 Å². The molecule has 190 valence electrons. The fourth-order valence-corrected chi connectivity index (χ4v) is 5.12. The molecule has 0 unspecified atom stereocenters. The van der Waals surface area contributed by atoms with Gasteiger partial charge in [0.2, 0.25) is 0 Å². The maximum atomic E-state index is 13.3. The molecule has 4 aromatic heterocycles. The molecule has 1 atom stereocenters. The third kappa shape index (κ3) is 5.42. The number of thiophene rings is 1. The van der Waals surface area contributed by atoms with E-state index in [0.717, 1.165) is 48.1 Å². The molecule has 0 spiro atoms. The van der Waals surface area contributed by atoms with Crippen LogP contribution in [0.2, 0.25) is 0 Å². The Morgan fingerprint density at radius 2 is 1.83 bits per heavy atom. The zero-order chi connectivity index (χ0) is 25.7. The zero-order valence-corrected chi connectivity index (χ0v) is 22.5. The van der Waals surface area contributed by atoms with Crippen LogP contribution in [0.4, 0.5) is 5.82 Å². The minimum absolute atomic E-state index is 0.102. The standard InChI is InChI=1S/C27H35N7OS/c1-6-32(7-2)19(5)17-28-27(35)20-15-23(30-25(16-20)33(8-3)9-4)21-18-29-34-13-12-22(31-26(21)34)24-11-10-14-36-24/h10-16,18-19H,6-9,17H2,1-5H3,(H,28,35)/t19-/m0/s1. The van der Waals surface area contributed by atoms with E-state index in [2.05, 4.69) is 60.9 Å². The second kappa shape index (κ2) is 11.6. The number of hydrogen-bond donors (Lipinski definition) is 1. The first-order valence-corrected chi connectivity index (χ1v) is 13.5. The van der Waals surface area contributed by atoms with Crippen molar-refractivity contribution in [3.8, 4) is 21.8 Å². The van der Waals surface area contributed by atoms with E-state index in [0.29, 0.717) is 23.4 Å². The van der Waals surface area contributed by atoms with Crippen LogP contribution in [0.3, 0.4) is 0 Å². The van der Waals surface area contributed by atoms with Crippen molar-refractivity contribution in [3.63, 3.8) is 0 Å². The van der Waals surface area contributed by atoms with Gasteiger partial charge >= 0.3 is 0 Å². The van der Waals surface area contributed by atoms with Crippen molar-refractivity contribution >= 4 is 28.7 Å². The van der Waals surface area contributed by atoms with Gasteiger partial charge in [-0.1, -0.05) is 19.9 Å². The minimum Gasteiger partial charge on any atom is -0.357 e.